The Labute approximate surface area is 165 Å². The van der Waals surface area contributed by atoms with E-state index >= 15 is 0 Å². The van der Waals surface area contributed by atoms with E-state index in [1.54, 1.807) is 19.2 Å². The molecule has 0 bridgehead atoms. The monoisotopic (exact) mass is 400 g/mol. The van der Waals surface area contributed by atoms with Crippen LogP contribution in [0.15, 0.2) is 41.6 Å². The Balaban J connectivity index is 1.89. The van der Waals surface area contributed by atoms with Crippen molar-refractivity contribution in [3.63, 3.8) is 0 Å². The van der Waals surface area contributed by atoms with E-state index in [9.17, 15) is 9.59 Å². The molecule has 28 heavy (non-hydrogen) atoms. The van der Waals surface area contributed by atoms with Crippen LogP contribution >= 0.6 is 11.6 Å². The lowest BCUT2D eigenvalue weighted by atomic mass is 10.1. The minimum atomic E-state index is -0.608. The van der Waals surface area contributed by atoms with Crippen LogP contribution in [0.4, 0.5) is 5.69 Å². The molecule has 3 rings (SSSR count). The summed E-state index contributed by atoms with van der Waals surface area (Å²) < 4.78 is 5.20. The average Bonchev–Trinajstić information content (AvgIpc) is 2.69. The number of H-pyrrole nitrogens is 1. The number of hydrogen-bond donors (Lipinski definition) is 3. The van der Waals surface area contributed by atoms with Crippen molar-refractivity contribution in [3.8, 4) is 17.1 Å². The van der Waals surface area contributed by atoms with Gasteiger partial charge >= 0.3 is 0 Å². The molecular weight excluding hydrogens is 384 g/mol. The van der Waals surface area contributed by atoms with Crippen molar-refractivity contribution in [2.75, 3.05) is 12.8 Å². The zero-order valence-corrected chi connectivity index (χ0v) is 15.8. The van der Waals surface area contributed by atoms with Gasteiger partial charge in [0.1, 0.15) is 17.9 Å². The standard InChI is InChI=1S/C18H17ClN6O3/c1-9(23-18(27)10-5-11(19)12(20)6-15(10)28-2)17-24-14(7-16(26)25-17)13-3-4-21-8-22-13/h3-9H,20H2,1-2H3,(H,23,27)(H,24,25,26). The summed E-state index contributed by atoms with van der Waals surface area (Å²) in [5.41, 5.74) is 6.75. The van der Waals surface area contributed by atoms with Gasteiger partial charge in [-0.05, 0) is 19.1 Å². The number of rotatable bonds is 5. The van der Waals surface area contributed by atoms with Gasteiger partial charge in [-0.3, -0.25) is 9.59 Å². The van der Waals surface area contributed by atoms with Crippen molar-refractivity contribution >= 4 is 23.2 Å². The van der Waals surface area contributed by atoms with Crippen molar-refractivity contribution in [2.45, 2.75) is 13.0 Å². The number of aromatic nitrogens is 4. The highest BCUT2D eigenvalue weighted by Gasteiger charge is 2.19. The van der Waals surface area contributed by atoms with E-state index in [0.717, 1.165) is 0 Å². The molecule has 0 radical (unpaired) electrons. The number of hydrogen-bond acceptors (Lipinski definition) is 7. The third-order valence-electron chi connectivity index (χ3n) is 3.93. The van der Waals surface area contributed by atoms with Crippen LogP contribution in [-0.2, 0) is 0 Å². The normalized spacial score (nSPS) is 11.7. The molecule has 1 atom stereocenters. The first-order valence-corrected chi connectivity index (χ1v) is 8.58. The summed E-state index contributed by atoms with van der Waals surface area (Å²) >= 11 is 6.02. The van der Waals surface area contributed by atoms with Gasteiger partial charge in [0, 0.05) is 18.3 Å². The second-order valence-corrected chi connectivity index (χ2v) is 6.29. The highest BCUT2D eigenvalue weighted by Crippen LogP contribution is 2.29. The molecule has 0 fully saturated rings. The zero-order chi connectivity index (χ0) is 20.3. The first-order chi connectivity index (χ1) is 13.4. The lowest BCUT2D eigenvalue weighted by molar-refractivity contribution is 0.0935. The van der Waals surface area contributed by atoms with Crippen LogP contribution in [0, 0.1) is 0 Å². The highest BCUT2D eigenvalue weighted by molar-refractivity contribution is 6.33. The number of nitrogens with two attached hydrogens (primary N) is 1. The number of methoxy groups -OCH3 is 1. The van der Waals surface area contributed by atoms with Gasteiger partial charge in [0.25, 0.3) is 11.5 Å². The van der Waals surface area contributed by atoms with Crippen LogP contribution in [0.25, 0.3) is 11.4 Å². The van der Waals surface area contributed by atoms with Gasteiger partial charge in [0.15, 0.2) is 0 Å². The smallest absolute Gasteiger partial charge is 0.255 e. The van der Waals surface area contributed by atoms with Gasteiger partial charge in [-0.15, -0.1) is 0 Å². The molecule has 1 unspecified atom stereocenters. The Kier molecular flexibility index (Phi) is 5.55. The second-order valence-electron chi connectivity index (χ2n) is 5.88. The number of anilines is 1. The van der Waals surface area contributed by atoms with Crippen molar-refractivity contribution in [1.29, 1.82) is 0 Å². The number of nitrogens with one attached hydrogen (secondary N) is 2. The van der Waals surface area contributed by atoms with Crippen molar-refractivity contribution in [1.82, 2.24) is 25.3 Å². The van der Waals surface area contributed by atoms with Gasteiger partial charge in [-0.2, -0.15) is 0 Å². The fourth-order valence-electron chi connectivity index (χ4n) is 2.51. The molecule has 0 saturated heterocycles. The summed E-state index contributed by atoms with van der Waals surface area (Å²) in [5, 5.41) is 2.99. The zero-order valence-electron chi connectivity index (χ0n) is 15.1. The summed E-state index contributed by atoms with van der Waals surface area (Å²) in [6.07, 6.45) is 2.91. The number of carbonyl (C=O) groups is 1. The topological polar surface area (TPSA) is 136 Å². The largest absolute Gasteiger partial charge is 0.496 e. The molecule has 0 saturated carbocycles. The molecule has 4 N–H and O–H groups in total. The number of nitrogens with zero attached hydrogens (tertiary/aromatic N) is 3. The molecule has 0 spiro atoms. The van der Waals surface area contributed by atoms with Crippen LogP contribution < -0.4 is 21.3 Å². The molecule has 1 aromatic carbocycles. The van der Waals surface area contributed by atoms with Crippen LogP contribution in [0.1, 0.15) is 29.1 Å². The first-order valence-electron chi connectivity index (χ1n) is 8.20. The molecule has 2 aromatic heterocycles. The van der Waals surface area contributed by atoms with Crippen molar-refractivity contribution < 1.29 is 9.53 Å². The summed E-state index contributed by atoms with van der Waals surface area (Å²) in [6, 6.07) is 5.24. The molecule has 2 heterocycles. The van der Waals surface area contributed by atoms with Gasteiger partial charge < -0.3 is 20.8 Å². The molecule has 144 valence electrons. The Morgan fingerprint density at radius 3 is 2.79 bits per heavy atom. The first kappa shape index (κ1) is 19.3. The van der Waals surface area contributed by atoms with Crippen molar-refractivity contribution in [3.05, 3.63) is 63.6 Å². The van der Waals surface area contributed by atoms with E-state index in [4.69, 9.17) is 22.1 Å². The third-order valence-corrected chi connectivity index (χ3v) is 4.25. The maximum atomic E-state index is 12.7. The maximum Gasteiger partial charge on any atom is 0.255 e. The number of benzene rings is 1. The molecule has 1 amide bonds. The minimum Gasteiger partial charge on any atom is -0.496 e. The van der Waals surface area contributed by atoms with E-state index in [2.05, 4.69) is 25.3 Å². The predicted molar refractivity (Wildman–Crippen MR) is 104 cm³/mol. The number of halogens is 1. The fraction of sp³-hybridized carbons (Fsp3) is 0.167. The Hall–Kier alpha value is -3.46. The summed E-state index contributed by atoms with van der Waals surface area (Å²) in [4.78, 5) is 39.6. The number of nitrogen functional groups attached to an aromatic ring is 1. The lowest BCUT2D eigenvalue weighted by Crippen LogP contribution is -2.29. The maximum absolute atomic E-state index is 12.7. The molecule has 10 heteroatoms. The van der Waals surface area contributed by atoms with Crippen LogP contribution in [-0.4, -0.2) is 33.0 Å². The SMILES string of the molecule is COc1cc(N)c(Cl)cc1C(=O)NC(C)c1nc(-c2ccncn2)cc(=O)[nH]1. The van der Waals surface area contributed by atoms with Crippen LogP contribution in [0.3, 0.4) is 0 Å². The van der Waals surface area contributed by atoms with Crippen LogP contribution in [0.5, 0.6) is 5.75 Å². The molecule has 9 nitrogen and oxygen atoms in total. The fourth-order valence-corrected chi connectivity index (χ4v) is 2.68. The van der Waals surface area contributed by atoms with E-state index in [1.807, 2.05) is 0 Å². The number of carbonyl (C=O) groups excluding carboxylic acids is 1. The Morgan fingerprint density at radius 2 is 2.11 bits per heavy atom. The molecule has 0 aliphatic heterocycles. The second kappa shape index (κ2) is 8.05. The molecule has 3 aromatic rings. The average molecular weight is 401 g/mol. The third kappa shape index (κ3) is 4.09. The van der Waals surface area contributed by atoms with E-state index < -0.39 is 11.9 Å². The Morgan fingerprint density at radius 1 is 1.32 bits per heavy atom. The van der Waals surface area contributed by atoms with Gasteiger partial charge in [-0.25, -0.2) is 15.0 Å². The van der Waals surface area contributed by atoms with Crippen molar-refractivity contribution in [2.24, 2.45) is 0 Å². The van der Waals surface area contributed by atoms with E-state index in [1.165, 1.54) is 31.6 Å². The summed E-state index contributed by atoms with van der Waals surface area (Å²) in [7, 11) is 1.42. The van der Waals surface area contributed by atoms with E-state index in [0.29, 0.717) is 17.1 Å². The predicted octanol–water partition coefficient (Wildman–Crippen LogP) is 1.96. The van der Waals surface area contributed by atoms with E-state index in [-0.39, 0.29) is 27.7 Å². The molecule has 0 aliphatic rings. The quantitative estimate of drug-likeness (QED) is 0.557. The van der Waals surface area contributed by atoms with Gasteiger partial charge in [0.2, 0.25) is 0 Å². The van der Waals surface area contributed by atoms with Gasteiger partial charge in [-0.1, -0.05) is 11.6 Å². The number of aromatic amines is 1. The highest BCUT2D eigenvalue weighted by atomic mass is 35.5. The number of ether oxygens (including phenoxy) is 1. The minimum absolute atomic E-state index is 0.211. The summed E-state index contributed by atoms with van der Waals surface area (Å²) in [6.45, 7) is 1.69. The summed E-state index contributed by atoms with van der Waals surface area (Å²) in [5.74, 6) is 0.0964. The van der Waals surface area contributed by atoms with Crippen LogP contribution in [0.2, 0.25) is 5.02 Å². The number of amides is 1. The Bertz CT molecular complexity index is 1070. The molecular formula is C18H17ClN6O3. The van der Waals surface area contributed by atoms with Gasteiger partial charge in [0.05, 0.1) is 40.8 Å². The molecule has 0 aliphatic carbocycles. The lowest BCUT2D eigenvalue weighted by Gasteiger charge is -2.16.